The monoisotopic (exact) mass is 395 g/mol. The van der Waals surface area contributed by atoms with Crippen LogP contribution in [0.25, 0.3) is 22.6 Å². The van der Waals surface area contributed by atoms with E-state index in [1.807, 2.05) is 13.8 Å². The van der Waals surface area contributed by atoms with Gasteiger partial charge in [0, 0.05) is 24.1 Å². The van der Waals surface area contributed by atoms with E-state index in [4.69, 9.17) is 0 Å². The lowest BCUT2D eigenvalue weighted by Crippen LogP contribution is -2.08. The van der Waals surface area contributed by atoms with Crippen LogP contribution in [0.4, 0.5) is 15.9 Å². The number of benzene rings is 1. The molecule has 0 radical (unpaired) electrons. The zero-order chi connectivity index (χ0) is 20.5. The zero-order valence-electron chi connectivity index (χ0n) is 16.3. The molecule has 2 aromatic heterocycles. The molecule has 4 rings (SSSR count). The molecule has 29 heavy (non-hydrogen) atoms. The van der Waals surface area contributed by atoms with Crippen LogP contribution in [0.2, 0.25) is 0 Å². The number of hydrogen-bond donors (Lipinski definition) is 2. The Bertz CT molecular complexity index is 1040. The number of anilines is 1. The molecule has 3 aromatic rings. The van der Waals surface area contributed by atoms with E-state index in [1.54, 1.807) is 18.2 Å². The maximum Gasteiger partial charge on any atom is 0.311 e. The predicted molar refractivity (Wildman–Crippen MR) is 109 cm³/mol. The first-order valence-corrected chi connectivity index (χ1v) is 9.68. The van der Waals surface area contributed by atoms with E-state index in [0.717, 1.165) is 24.2 Å². The minimum atomic E-state index is -0.431. The number of pyridine rings is 1. The Morgan fingerprint density at radius 2 is 1.93 bits per heavy atom. The highest BCUT2D eigenvalue weighted by Crippen LogP contribution is 2.35. The fourth-order valence-corrected chi connectivity index (χ4v) is 3.10. The van der Waals surface area contributed by atoms with E-state index in [1.165, 1.54) is 18.2 Å². The number of aromatic amines is 1. The second-order valence-electron chi connectivity index (χ2n) is 7.65. The number of H-pyrrole nitrogens is 1. The molecule has 1 aliphatic rings. The number of nitrogens with zero attached hydrogens (tertiary/aromatic N) is 3. The first kappa shape index (κ1) is 19.0. The Morgan fingerprint density at radius 3 is 2.55 bits per heavy atom. The topological polar surface area (TPSA) is 96.7 Å². The fraction of sp³-hybridized carbons (Fsp3) is 0.333. The highest BCUT2D eigenvalue weighted by Gasteiger charge is 2.25. The summed E-state index contributed by atoms with van der Waals surface area (Å²) in [6.45, 7) is 4.70. The highest BCUT2D eigenvalue weighted by molar-refractivity contribution is 5.78. The lowest BCUT2D eigenvalue weighted by molar-refractivity contribution is -0.384. The molecule has 8 heteroatoms. The highest BCUT2D eigenvalue weighted by atomic mass is 19.1. The lowest BCUT2D eigenvalue weighted by atomic mass is 10.1. The van der Waals surface area contributed by atoms with Gasteiger partial charge >= 0.3 is 5.69 Å². The number of aromatic nitrogens is 3. The molecular formula is C21H22FN5O2. The summed E-state index contributed by atoms with van der Waals surface area (Å²) in [4.78, 5) is 23.5. The van der Waals surface area contributed by atoms with Gasteiger partial charge in [-0.1, -0.05) is 13.8 Å². The van der Waals surface area contributed by atoms with Crippen molar-refractivity contribution in [3.63, 3.8) is 0 Å². The van der Waals surface area contributed by atoms with Crippen LogP contribution in [-0.2, 0) is 0 Å². The third-order valence-corrected chi connectivity index (χ3v) is 4.97. The summed E-state index contributed by atoms with van der Waals surface area (Å²) in [5.74, 6) is 1.40. The lowest BCUT2D eigenvalue weighted by Gasteiger charge is -2.08. The van der Waals surface area contributed by atoms with Gasteiger partial charge in [0.25, 0.3) is 0 Å². The molecule has 0 bridgehead atoms. The molecule has 0 atom stereocenters. The predicted octanol–water partition coefficient (Wildman–Crippen LogP) is 5.13. The molecule has 7 nitrogen and oxygen atoms in total. The molecule has 1 fully saturated rings. The summed E-state index contributed by atoms with van der Waals surface area (Å²) in [6.07, 6.45) is 2.26. The van der Waals surface area contributed by atoms with Crippen molar-refractivity contribution in [2.75, 3.05) is 11.9 Å². The fourth-order valence-electron chi connectivity index (χ4n) is 3.10. The molecule has 1 saturated carbocycles. The molecule has 2 heterocycles. The van der Waals surface area contributed by atoms with Gasteiger partial charge in [-0.3, -0.25) is 10.1 Å². The Balaban J connectivity index is 1.79. The Kier molecular flexibility index (Phi) is 5.00. The summed E-state index contributed by atoms with van der Waals surface area (Å²) in [7, 11) is 0. The average Bonchev–Trinajstić information content (AvgIpc) is 3.42. The van der Waals surface area contributed by atoms with Crippen LogP contribution in [0.5, 0.6) is 0 Å². The summed E-state index contributed by atoms with van der Waals surface area (Å²) in [6, 6.07) is 9.17. The minimum Gasteiger partial charge on any atom is -0.364 e. The van der Waals surface area contributed by atoms with Gasteiger partial charge in [0.05, 0.1) is 22.0 Å². The van der Waals surface area contributed by atoms with Crippen molar-refractivity contribution >= 4 is 11.5 Å². The van der Waals surface area contributed by atoms with E-state index in [0.29, 0.717) is 29.5 Å². The summed E-state index contributed by atoms with van der Waals surface area (Å²) < 4.78 is 13.4. The van der Waals surface area contributed by atoms with Crippen molar-refractivity contribution in [1.82, 2.24) is 15.0 Å². The van der Waals surface area contributed by atoms with Crippen LogP contribution < -0.4 is 5.32 Å². The zero-order valence-corrected chi connectivity index (χ0v) is 16.3. The van der Waals surface area contributed by atoms with Crippen LogP contribution in [0.15, 0.2) is 36.4 Å². The number of halogens is 1. The summed E-state index contributed by atoms with van der Waals surface area (Å²) >= 11 is 0. The van der Waals surface area contributed by atoms with Crippen molar-refractivity contribution < 1.29 is 9.31 Å². The molecule has 0 spiro atoms. The number of nitro groups is 1. The SMILES string of the molecule is CC(C)c1nc(-c2ccc(F)cc2)c(-c2ccc([N+](=O)[O-])c(NCC3CC3)n2)[nH]1. The largest absolute Gasteiger partial charge is 0.364 e. The van der Waals surface area contributed by atoms with E-state index in [9.17, 15) is 14.5 Å². The van der Waals surface area contributed by atoms with Gasteiger partial charge in [0.2, 0.25) is 5.82 Å². The molecule has 150 valence electrons. The van der Waals surface area contributed by atoms with E-state index in [2.05, 4.69) is 20.3 Å². The standard InChI is InChI=1S/C21H22FN5O2/c1-12(2)20-25-18(14-5-7-15(22)8-6-14)19(26-20)16-9-10-17(27(28)29)21(24-16)23-11-13-3-4-13/h5-10,12-13H,3-4,11H2,1-2H3,(H,23,24)(H,25,26). The molecular weight excluding hydrogens is 373 g/mol. The van der Waals surface area contributed by atoms with E-state index in [-0.39, 0.29) is 23.2 Å². The molecule has 1 aromatic carbocycles. The summed E-state index contributed by atoms with van der Waals surface area (Å²) in [5.41, 5.74) is 2.54. The van der Waals surface area contributed by atoms with E-state index >= 15 is 0 Å². The normalized spacial score (nSPS) is 13.7. The smallest absolute Gasteiger partial charge is 0.311 e. The first-order valence-electron chi connectivity index (χ1n) is 9.68. The molecule has 0 aliphatic heterocycles. The Labute approximate surface area is 167 Å². The van der Waals surface area contributed by atoms with Gasteiger partial charge in [-0.25, -0.2) is 14.4 Å². The van der Waals surface area contributed by atoms with Crippen molar-refractivity contribution in [3.05, 3.63) is 58.2 Å². The number of hydrogen-bond acceptors (Lipinski definition) is 5. The third-order valence-electron chi connectivity index (χ3n) is 4.97. The Hall–Kier alpha value is -3.29. The maximum absolute atomic E-state index is 13.4. The van der Waals surface area contributed by atoms with Gasteiger partial charge in [-0.05, 0) is 49.1 Å². The van der Waals surface area contributed by atoms with Gasteiger partial charge in [0.15, 0.2) is 0 Å². The second kappa shape index (κ2) is 7.62. The molecule has 1 aliphatic carbocycles. The van der Waals surface area contributed by atoms with Gasteiger partial charge < -0.3 is 10.3 Å². The molecule has 0 amide bonds. The average molecular weight is 395 g/mol. The molecule has 2 N–H and O–H groups in total. The maximum atomic E-state index is 13.4. The molecule has 0 unspecified atom stereocenters. The number of nitrogens with one attached hydrogen (secondary N) is 2. The van der Waals surface area contributed by atoms with Crippen LogP contribution in [0, 0.1) is 21.8 Å². The van der Waals surface area contributed by atoms with Crippen LogP contribution >= 0.6 is 0 Å². The quantitative estimate of drug-likeness (QED) is 0.427. The van der Waals surface area contributed by atoms with E-state index < -0.39 is 4.92 Å². The first-order chi connectivity index (χ1) is 13.9. The van der Waals surface area contributed by atoms with Gasteiger partial charge in [-0.2, -0.15) is 0 Å². The van der Waals surface area contributed by atoms with Crippen molar-refractivity contribution in [2.45, 2.75) is 32.6 Å². The van der Waals surface area contributed by atoms with Crippen LogP contribution in [0.1, 0.15) is 38.4 Å². The van der Waals surface area contributed by atoms with Gasteiger partial charge in [-0.15, -0.1) is 0 Å². The van der Waals surface area contributed by atoms with Crippen molar-refractivity contribution in [2.24, 2.45) is 5.92 Å². The Morgan fingerprint density at radius 1 is 1.21 bits per heavy atom. The number of imidazole rings is 1. The molecule has 0 saturated heterocycles. The van der Waals surface area contributed by atoms with Crippen LogP contribution in [-0.4, -0.2) is 26.4 Å². The van der Waals surface area contributed by atoms with Crippen molar-refractivity contribution in [3.8, 4) is 22.6 Å². The summed E-state index contributed by atoms with van der Waals surface area (Å²) in [5, 5.41) is 14.5. The van der Waals surface area contributed by atoms with Crippen molar-refractivity contribution in [1.29, 1.82) is 0 Å². The van der Waals surface area contributed by atoms with Crippen LogP contribution in [0.3, 0.4) is 0 Å². The number of rotatable bonds is 7. The minimum absolute atomic E-state index is 0.0543. The second-order valence-corrected chi connectivity index (χ2v) is 7.65. The third kappa shape index (κ3) is 4.11. The van der Waals surface area contributed by atoms with Gasteiger partial charge in [0.1, 0.15) is 11.6 Å².